The number of hydrogen-bond acceptors (Lipinski definition) is 3. The number of hydrogen-bond donors (Lipinski definition) is 1. The summed E-state index contributed by atoms with van der Waals surface area (Å²) in [6.07, 6.45) is -2.08. The molecular formula is C6H3ClF2N2O2. The van der Waals surface area contributed by atoms with Gasteiger partial charge in [0.2, 0.25) is 5.82 Å². The molecule has 0 aliphatic carbocycles. The number of nitrogens with zero attached hydrogens (tertiary/aromatic N) is 2. The third-order valence-corrected chi connectivity index (χ3v) is 1.46. The molecule has 0 radical (unpaired) electrons. The number of carboxylic acids is 1. The van der Waals surface area contributed by atoms with E-state index in [9.17, 15) is 13.6 Å². The number of alkyl halides is 2. The van der Waals surface area contributed by atoms with Crippen LogP contribution < -0.4 is 0 Å². The Bertz CT molecular complexity index is 345. The molecule has 70 valence electrons. The Morgan fingerprint density at radius 1 is 1.62 bits per heavy atom. The van der Waals surface area contributed by atoms with Crippen molar-refractivity contribution in [2.24, 2.45) is 0 Å². The average Bonchev–Trinajstić information content (AvgIpc) is 2.04. The fraction of sp³-hybridized carbons (Fsp3) is 0.167. The van der Waals surface area contributed by atoms with Gasteiger partial charge in [0, 0.05) is 0 Å². The molecule has 1 N–H and O–H groups in total. The van der Waals surface area contributed by atoms with Crippen molar-refractivity contribution in [3.05, 3.63) is 22.7 Å². The summed E-state index contributed by atoms with van der Waals surface area (Å²) in [7, 11) is 0. The molecule has 0 amide bonds. The van der Waals surface area contributed by atoms with Crippen LogP contribution in [0.4, 0.5) is 8.78 Å². The zero-order chi connectivity index (χ0) is 10.0. The topological polar surface area (TPSA) is 63.1 Å². The molecule has 1 rings (SSSR count). The second-order valence-electron chi connectivity index (χ2n) is 2.03. The predicted octanol–water partition coefficient (Wildman–Crippen LogP) is 1.77. The van der Waals surface area contributed by atoms with Gasteiger partial charge >= 0.3 is 5.97 Å². The normalized spacial score (nSPS) is 10.5. The van der Waals surface area contributed by atoms with Crippen LogP contribution in [0.15, 0.2) is 6.20 Å². The number of aromatic nitrogens is 2. The first-order chi connectivity index (χ1) is 6.02. The maximum atomic E-state index is 12.1. The van der Waals surface area contributed by atoms with E-state index in [1.807, 2.05) is 0 Å². The summed E-state index contributed by atoms with van der Waals surface area (Å²) in [5, 5.41) is 8.02. The van der Waals surface area contributed by atoms with Gasteiger partial charge in [0.1, 0.15) is 5.69 Å². The molecule has 0 aliphatic rings. The number of carboxylic acid groups (broad SMARTS) is 1. The van der Waals surface area contributed by atoms with Crippen molar-refractivity contribution in [2.75, 3.05) is 0 Å². The summed E-state index contributed by atoms with van der Waals surface area (Å²) in [6.45, 7) is 0. The van der Waals surface area contributed by atoms with Crippen LogP contribution in [0.25, 0.3) is 0 Å². The van der Waals surface area contributed by atoms with Crippen LogP contribution in [-0.4, -0.2) is 21.0 Å². The van der Waals surface area contributed by atoms with Gasteiger partial charge in [-0.05, 0) is 0 Å². The van der Waals surface area contributed by atoms with Crippen molar-refractivity contribution in [1.29, 1.82) is 0 Å². The number of halogens is 3. The van der Waals surface area contributed by atoms with Gasteiger partial charge in [-0.2, -0.15) is 0 Å². The lowest BCUT2D eigenvalue weighted by atomic mass is 10.4. The minimum absolute atomic E-state index is 0.347. The highest BCUT2D eigenvalue weighted by atomic mass is 35.5. The Hall–Kier alpha value is -1.30. The first-order valence-electron chi connectivity index (χ1n) is 3.06. The van der Waals surface area contributed by atoms with Gasteiger partial charge in [0.15, 0.2) is 0 Å². The Balaban J connectivity index is 3.19. The maximum absolute atomic E-state index is 12.1. The molecule has 7 heteroatoms. The van der Waals surface area contributed by atoms with E-state index in [4.69, 9.17) is 16.7 Å². The SMILES string of the molecule is O=C(O)c1ncc(Cl)c(C(F)F)n1. The largest absolute Gasteiger partial charge is 0.475 e. The minimum atomic E-state index is -2.91. The standard InChI is InChI=1S/C6H3ClF2N2O2/c7-2-1-10-5(6(12)13)11-3(2)4(8)9/h1,4H,(H,12,13). The van der Waals surface area contributed by atoms with Crippen LogP contribution in [0, 0.1) is 0 Å². The van der Waals surface area contributed by atoms with Gasteiger partial charge in [-0.1, -0.05) is 11.6 Å². The summed E-state index contributed by atoms with van der Waals surface area (Å²) < 4.78 is 24.2. The lowest BCUT2D eigenvalue weighted by Crippen LogP contribution is -2.06. The van der Waals surface area contributed by atoms with Gasteiger partial charge in [-0.3, -0.25) is 0 Å². The molecule has 0 bridgehead atoms. The van der Waals surface area contributed by atoms with Crippen LogP contribution in [0.5, 0.6) is 0 Å². The second kappa shape index (κ2) is 3.61. The maximum Gasteiger partial charge on any atom is 0.373 e. The highest BCUT2D eigenvalue weighted by Gasteiger charge is 2.17. The minimum Gasteiger partial charge on any atom is -0.475 e. The van der Waals surface area contributed by atoms with E-state index in [0.717, 1.165) is 6.20 Å². The Labute approximate surface area is 76.2 Å². The smallest absolute Gasteiger partial charge is 0.373 e. The highest BCUT2D eigenvalue weighted by molar-refractivity contribution is 6.31. The van der Waals surface area contributed by atoms with E-state index in [-0.39, 0.29) is 5.02 Å². The van der Waals surface area contributed by atoms with Gasteiger partial charge in [-0.15, -0.1) is 0 Å². The van der Waals surface area contributed by atoms with Crippen molar-refractivity contribution in [3.63, 3.8) is 0 Å². The molecule has 1 aromatic heterocycles. The Kier molecular flexibility index (Phi) is 2.72. The molecule has 0 aromatic carbocycles. The van der Waals surface area contributed by atoms with Gasteiger partial charge in [-0.25, -0.2) is 23.5 Å². The van der Waals surface area contributed by atoms with E-state index in [1.165, 1.54) is 0 Å². The third kappa shape index (κ3) is 2.09. The fourth-order valence-electron chi connectivity index (χ4n) is 0.636. The quantitative estimate of drug-likeness (QED) is 0.805. The molecule has 0 atom stereocenters. The van der Waals surface area contributed by atoms with Crippen molar-refractivity contribution < 1.29 is 18.7 Å². The molecule has 0 aliphatic heterocycles. The molecule has 0 fully saturated rings. The molecular weight excluding hydrogens is 206 g/mol. The number of carbonyl (C=O) groups is 1. The highest BCUT2D eigenvalue weighted by Crippen LogP contribution is 2.23. The number of aromatic carboxylic acids is 1. The predicted molar refractivity (Wildman–Crippen MR) is 39.0 cm³/mol. The van der Waals surface area contributed by atoms with E-state index < -0.39 is 23.9 Å². The summed E-state index contributed by atoms with van der Waals surface area (Å²) >= 11 is 5.30. The molecule has 0 unspecified atom stereocenters. The summed E-state index contributed by atoms with van der Waals surface area (Å²) in [5.41, 5.74) is -0.769. The van der Waals surface area contributed by atoms with Crippen LogP contribution in [0.1, 0.15) is 22.7 Å². The van der Waals surface area contributed by atoms with Crippen LogP contribution in [-0.2, 0) is 0 Å². The second-order valence-corrected chi connectivity index (χ2v) is 2.44. The molecule has 4 nitrogen and oxygen atoms in total. The first-order valence-corrected chi connectivity index (χ1v) is 3.44. The van der Waals surface area contributed by atoms with Crippen molar-refractivity contribution in [2.45, 2.75) is 6.43 Å². The van der Waals surface area contributed by atoms with Gasteiger partial charge in [0.25, 0.3) is 6.43 Å². The van der Waals surface area contributed by atoms with Crippen molar-refractivity contribution in [3.8, 4) is 0 Å². The zero-order valence-corrected chi connectivity index (χ0v) is 6.79. The third-order valence-electron chi connectivity index (χ3n) is 1.17. The Morgan fingerprint density at radius 2 is 2.23 bits per heavy atom. The van der Waals surface area contributed by atoms with E-state index in [1.54, 1.807) is 0 Å². The van der Waals surface area contributed by atoms with Crippen LogP contribution in [0.2, 0.25) is 5.02 Å². The van der Waals surface area contributed by atoms with Crippen molar-refractivity contribution in [1.82, 2.24) is 9.97 Å². The lowest BCUT2D eigenvalue weighted by molar-refractivity contribution is 0.0681. The molecule has 0 saturated heterocycles. The zero-order valence-electron chi connectivity index (χ0n) is 6.04. The average molecular weight is 209 g/mol. The summed E-state index contributed by atoms with van der Waals surface area (Å²) in [4.78, 5) is 16.6. The molecule has 0 saturated carbocycles. The lowest BCUT2D eigenvalue weighted by Gasteiger charge is -2.01. The summed E-state index contributed by atoms with van der Waals surface area (Å²) in [6, 6.07) is 0. The molecule has 13 heavy (non-hydrogen) atoms. The van der Waals surface area contributed by atoms with Crippen molar-refractivity contribution >= 4 is 17.6 Å². The number of rotatable bonds is 2. The first kappa shape index (κ1) is 9.79. The molecule has 1 heterocycles. The van der Waals surface area contributed by atoms with Gasteiger partial charge < -0.3 is 5.11 Å². The monoisotopic (exact) mass is 208 g/mol. The molecule has 1 aromatic rings. The molecule has 0 spiro atoms. The van der Waals surface area contributed by atoms with E-state index in [0.29, 0.717) is 0 Å². The van der Waals surface area contributed by atoms with Crippen LogP contribution in [0.3, 0.4) is 0 Å². The van der Waals surface area contributed by atoms with E-state index >= 15 is 0 Å². The van der Waals surface area contributed by atoms with Gasteiger partial charge in [0.05, 0.1) is 11.2 Å². The fourth-order valence-corrected chi connectivity index (χ4v) is 0.810. The van der Waals surface area contributed by atoms with E-state index in [2.05, 4.69) is 9.97 Å². The van der Waals surface area contributed by atoms with Crippen LogP contribution >= 0.6 is 11.6 Å². The summed E-state index contributed by atoms with van der Waals surface area (Å²) in [5.74, 6) is -2.17. The Morgan fingerprint density at radius 3 is 2.69 bits per heavy atom.